The molecular formula is C25H24N4O4S2. The molecule has 0 aliphatic carbocycles. The molecule has 8 nitrogen and oxygen atoms in total. The molecule has 5 rings (SSSR count). The van der Waals surface area contributed by atoms with Crippen molar-refractivity contribution in [3.8, 4) is 11.5 Å². The van der Waals surface area contributed by atoms with Crippen LogP contribution in [0.25, 0.3) is 11.7 Å². The minimum atomic E-state index is -0.249. The van der Waals surface area contributed by atoms with Crippen molar-refractivity contribution in [2.75, 3.05) is 18.7 Å². The Labute approximate surface area is 211 Å². The summed E-state index contributed by atoms with van der Waals surface area (Å²) < 4.78 is 12.7. The molecule has 4 heterocycles. The molecule has 180 valence electrons. The van der Waals surface area contributed by atoms with E-state index < -0.39 is 0 Å². The largest absolute Gasteiger partial charge is 0.454 e. The Hall–Kier alpha value is -3.37. The van der Waals surface area contributed by atoms with Crippen molar-refractivity contribution in [3.63, 3.8) is 0 Å². The predicted octanol–water partition coefficient (Wildman–Crippen LogP) is 4.20. The molecule has 0 bridgehead atoms. The number of carbonyl (C=O) groups excluding carboxylic acids is 1. The highest BCUT2D eigenvalue weighted by atomic mass is 32.2. The summed E-state index contributed by atoms with van der Waals surface area (Å²) in [5.41, 5.74) is 2.42. The number of thiocarbonyl (C=S) groups is 1. The van der Waals surface area contributed by atoms with Gasteiger partial charge >= 0.3 is 0 Å². The van der Waals surface area contributed by atoms with Crippen LogP contribution in [-0.4, -0.2) is 37.8 Å². The number of aryl methyl sites for hydroxylation is 1. The molecule has 0 unspecified atom stereocenters. The predicted molar refractivity (Wildman–Crippen MR) is 141 cm³/mol. The first-order valence-electron chi connectivity index (χ1n) is 11.2. The lowest BCUT2D eigenvalue weighted by Gasteiger charge is -2.15. The molecule has 0 atom stereocenters. The fourth-order valence-corrected chi connectivity index (χ4v) is 5.10. The van der Waals surface area contributed by atoms with Gasteiger partial charge in [0.25, 0.3) is 11.5 Å². The number of benzene rings is 1. The van der Waals surface area contributed by atoms with Crippen molar-refractivity contribution in [1.82, 2.24) is 14.3 Å². The zero-order valence-corrected chi connectivity index (χ0v) is 21.2. The zero-order valence-electron chi connectivity index (χ0n) is 19.5. The first-order valence-corrected chi connectivity index (χ1v) is 12.4. The van der Waals surface area contributed by atoms with Crippen LogP contribution in [0.2, 0.25) is 0 Å². The van der Waals surface area contributed by atoms with E-state index in [0.717, 1.165) is 11.1 Å². The van der Waals surface area contributed by atoms with Gasteiger partial charge in [0.2, 0.25) is 6.79 Å². The molecule has 1 saturated heterocycles. The second kappa shape index (κ2) is 9.35. The van der Waals surface area contributed by atoms with E-state index in [1.165, 1.54) is 21.1 Å². The van der Waals surface area contributed by atoms with Crippen molar-refractivity contribution >= 4 is 51.7 Å². The summed E-state index contributed by atoms with van der Waals surface area (Å²) in [6, 6.07) is 9.27. The van der Waals surface area contributed by atoms with Crippen LogP contribution in [0.3, 0.4) is 0 Å². The van der Waals surface area contributed by atoms with E-state index in [2.05, 4.69) is 19.2 Å². The van der Waals surface area contributed by atoms with Crippen LogP contribution in [0.1, 0.15) is 30.5 Å². The van der Waals surface area contributed by atoms with Crippen molar-refractivity contribution in [3.05, 3.63) is 68.5 Å². The molecule has 35 heavy (non-hydrogen) atoms. The number of ether oxygens (including phenoxy) is 2. The number of rotatable bonds is 6. The maximum absolute atomic E-state index is 13.4. The standard InChI is InChI=1S/C25H24N4O4S2/c1-14(2)11-26-21-17(23(30)28-8-4-5-15(3)22(28)27-21)10-20-24(31)29(25(34)35-20)12-16-6-7-18-19(9-16)33-13-32-18/h4-10,14,26H,11-13H2,1-3H3/b20-10+. The summed E-state index contributed by atoms with van der Waals surface area (Å²) in [4.78, 5) is 33.4. The van der Waals surface area contributed by atoms with Gasteiger partial charge in [0.15, 0.2) is 11.5 Å². The molecule has 1 fully saturated rings. The topological polar surface area (TPSA) is 85.2 Å². The Bertz CT molecular complexity index is 1450. The molecular weight excluding hydrogens is 484 g/mol. The third-order valence-corrected chi connectivity index (χ3v) is 7.07. The molecule has 0 radical (unpaired) electrons. The molecule has 0 spiro atoms. The average molecular weight is 509 g/mol. The van der Waals surface area contributed by atoms with Gasteiger partial charge in [0.05, 0.1) is 17.0 Å². The molecule has 2 aromatic heterocycles. The highest BCUT2D eigenvalue weighted by Crippen LogP contribution is 2.36. The SMILES string of the molecule is Cc1cccn2c(=O)c(/C=C3/SC(=S)N(Cc4ccc5c(c4)OCO5)C3=O)c(NCC(C)C)nc12. The van der Waals surface area contributed by atoms with Gasteiger partial charge in [-0.3, -0.25) is 18.9 Å². The van der Waals surface area contributed by atoms with Crippen LogP contribution >= 0.6 is 24.0 Å². The monoisotopic (exact) mass is 508 g/mol. The molecule has 1 amide bonds. The van der Waals surface area contributed by atoms with Gasteiger partial charge in [0, 0.05) is 12.7 Å². The number of nitrogens with zero attached hydrogens (tertiary/aromatic N) is 3. The number of fused-ring (bicyclic) bond motifs is 2. The number of amides is 1. The third kappa shape index (κ3) is 4.51. The van der Waals surface area contributed by atoms with E-state index in [1.807, 2.05) is 31.2 Å². The van der Waals surface area contributed by atoms with Crippen LogP contribution in [0, 0.1) is 12.8 Å². The van der Waals surface area contributed by atoms with Crippen LogP contribution in [0.4, 0.5) is 5.82 Å². The van der Waals surface area contributed by atoms with Crippen LogP contribution in [0.15, 0.2) is 46.2 Å². The number of carbonyl (C=O) groups is 1. The van der Waals surface area contributed by atoms with Gasteiger partial charge in [-0.1, -0.05) is 50.0 Å². The molecule has 1 aromatic carbocycles. The number of pyridine rings is 1. The van der Waals surface area contributed by atoms with Gasteiger partial charge in [0.1, 0.15) is 15.8 Å². The van der Waals surface area contributed by atoms with Gasteiger partial charge in [-0.2, -0.15) is 0 Å². The summed E-state index contributed by atoms with van der Waals surface area (Å²) in [6.45, 7) is 7.19. The lowest BCUT2D eigenvalue weighted by Crippen LogP contribution is -2.27. The van der Waals surface area contributed by atoms with E-state index in [9.17, 15) is 9.59 Å². The van der Waals surface area contributed by atoms with E-state index >= 15 is 0 Å². The Kier molecular flexibility index (Phi) is 6.24. The summed E-state index contributed by atoms with van der Waals surface area (Å²) in [5.74, 6) is 1.88. The molecule has 0 saturated carbocycles. The fourth-order valence-electron chi connectivity index (χ4n) is 3.87. The van der Waals surface area contributed by atoms with Crippen LogP contribution < -0.4 is 20.3 Å². The maximum Gasteiger partial charge on any atom is 0.267 e. The normalized spacial score (nSPS) is 16.2. The summed E-state index contributed by atoms with van der Waals surface area (Å²) in [5, 5.41) is 3.29. The summed E-state index contributed by atoms with van der Waals surface area (Å²) in [7, 11) is 0. The molecule has 3 aromatic rings. The molecule has 2 aliphatic heterocycles. The zero-order chi connectivity index (χ0) is 24.7. The van der Waals surface area contributed by atoms with Crippen LogP contribution in [-0.2, 0) is 11.3 Å². The van der Waals surface area contributed by atoms with Gasteiger partial charge in [-0.25, -0.2) is 4.98 Å². The molecule has 2 aliphatic rings. The highest BCUT2D eigenvalue weighted by Gasteiger charge is 2.33. The van der Waals surface area contributed by atoms with Crippen molar-refractivity contribution < 1.29 is 14.3 Å². The Morgan fingerprint density at radius 3 is 2.83 bits per heavy atom. The lowest BCUT2D eigenvalue weighted by molar-refractivity contribution is -0.122. The smallest absolute Gasteiger partial charge is 0.267 e. The van der Waals surface area contributed by atoms with Gasteiger partial charge in [-0.05, 0) is 48.2 Å². The number of nitrogens with one attached hydrogen (secondary N) is 1. The number of hydrogen-bond acceptors (Lipinski definition) is 8. The maximum atomic E-state index is 13.4. The average Bonchev–Trinajstić information content (AvgIpc) is 3.40. The minimum Gasteiger partial charge on any atom is -0.454 e. The Balaban J connectivity index is 1.50. The fraction of sp³-hybridized carbons (Fsp3) is 0.280. The first kappa shape index (κ1) is 23.4. The second-order valence-corrected chi connectivity index (χ2v) is 10.5. The molecule has 1 N–H and O–H groups in total. The number of thioether (sulfide) groups is 1. The Morgan fingerprint density at radius 1 is 1.23 bits per heavy atom. The van der Waals surface area contributed by atoms with Crippen LogP contribution in [0.5, 0.6) is 11.5 Å². The van der Waals surface area contributed by atoms with Gasteiger partial charge in [-0.15, -0.1) is 0 Å². The van der Waals surface area contributed by atoms with E-state index in [0.29, 0.717) is 56.8 Å². The molecule has 10 heteroatoms. The quantitative estimate of drug-likeness (QED) is 0.392. The highest BCUT2D eigenvalue weighted by molar-refractivity contribution is 8.26. The van der Waals surface area contributed by atoms with Crippen molar-refractivity contribution in [2.24, 2.45) is 5.92 Å². The minimum absolute atomic E-state index is 0.185. The summed E-state index contributed by atoms with van der Waals surface area (Å²) >= 11 is 6.69. The number of hydrogen-bond donors (Lipinski definition) is 1. The lowest BCUT2D eigenvalue weighted by atomic mass is 10.2. The number of aromatic nitrogens is 2. The third-order valence-electron chi connectivity index (χ3n) is 5.69. The summed E-state index contributed by atoms with van der Waals surface area (Å²) in [6.07, 6.45) is 3.29. The Morgan fingerprint density at radius 2 is 2.03 bits per heavy atom. The van der Waals surface area contributed by atoms with E-state index in [-0.39, 0.29) is 18.3 Å². The number of anilines is 1. The first-order chi connectivity index (χ1) is 16.8. The van der Waals surface area contributed by atoms with Gasteiger partial charge < -0.3 is 14.8 Å². The van der Waals surface area contributed by atoms with E-state index in [1.54, 1.807) is 18.3 Å². The van der Waals surface area contributed by atoms with Crippen molar-refractivity contribution in [2.45, 2.75) is 27.3 Å². The van der Waals surface area contributed by atoms with Crippen molar-refractivity contribution in [1.29, 1.82) is 0 Å². The second-order valence-electron chi connectivity index (χ2n) is 8.79. The van der Waals surface area contributed by atoms with E-state index in [4.69, 9.17) is 26.7 Å².